The van der Waals surface area contributed by atoms with Gasteiger partial charge in [0.2, 0.25) is 0 Å². The first-order valence-corrected chi connectivity index (χ1v) is 8.19. The Morgan fingerprint density at radius 2 is 2.08 bits per heavy atom. The van der Waals surface area contributed by atoms with Crippen molar-refractivity contribution < 1.29 is 9.84 Å². The first-order valence-electron chi connectivity index (χ1n) is 8.19. The third kappa shape index (κ3) is 4.28. The smallest absolute Gasteiger partial charge is 0.174 e. The van der Waals surface area contributed by atoms with Crippen LogP contribution in [0.4, 0.5) is 5.82 Å². The van der Waals surface area contributed by atoms with Crippen LogP contribution < -0.4 is 5.32 Å². The number of rotatable bonds is 6. The van der Waals surface area contributed by atoms with Crippen LogP contribution in [-0.4, -0.2) is 75.3 Å². The van der Waals surface area contributed by atoms with Crippen molar-refractivity contribution in [2.75, 3.05) is 44.7 Å². The van der Waals surface area contributed by atoms with Gasteiger partial charge in [0.15, 0.2) is 5.82 Å². The molecule has 130 valence electrons. The van der Waals surface area contributed by atoms with Crippen LogP contribution in [0.2, 0.25) is 0 Å². The summed E-state index contributed by atoms with van der Waals surface area (Å²) in [5.74, 6) is 1.29. The number of aromatic nitrogens is 4. The average Bonchev–Trinajstić information content (AvgIpc) is 2.93. The number of nitrogens with one attached hydrogen (secondary N) is 1. The molecule has 8 heteroatoms. The first-order chi connectivity index (χ1) is 11.6. The molecule has 0 bridgehead atoms. The normalized spacial score (nSPS) is 17.0. The van der Waals surface area contributed by atoms with E-state index in [4.69, 9.17) is 4.74 Å². The third-order valence-corrected chi connectivity index (χ3v) is 3.94. The zero-order valence-electron chi connectivity index (χ0n) is 14.1. The van der Waals surface area contributed by atoms with E-state index in [-0.39, 0.29) is 0 Å². The van der Waals surface area contributed by atoms with Gasteiger partial charge < -0.3 is 15.2 Å². The van der Waals surface area contributed by atoms with Gasteiger partial charge in [-0.1, -0.05) is 0 Å². The van der Waals surface area contributed by atoms with Gasteiger partial charge in [-0.3, -0.25) is 9.88 Å². The molecule has 8 nitrogen and oxygen atoms in total. The predicted molar refractivity (Wildman–Crippen MR) is 90.4 cm³/mol. The lowest BCUT2D eigenvalue weighted by Crippen LogP contribution is -2.42. The fourth-order valence-corrected chi connectivity index (χ4v) is 2.77. The summed E-state index contributed by atoms with van der Waals surface area (Å²) in [6, 6.07) is 1.99. The number of β-amino-alcohol motifs (C(OH)–C–C–N with tert-alkyl or cyclic N) is 1. The fourth-order valence-electron chi connectivity index (χ4n) is 2.77. The van der Waals surface area contributed by atoms with Crippen LogP contribution in [0.25, 0.3) is 5.82 Å². The Balaban J connectivity index is 1.57. The molecule has 1 unspecified atom stereocenters. The van der Waals surface area contributed by atoms with Crippen LogP contribution in [0.15, 0.2) is 18.5 Å². The number of nitrogens with zero attached hydrogens (tertiary/aromatic N) is 5. The predicted octanol–water partition coefficient (Wildman–Crippen LogP) is 0.384. The molecule has 1 saturated heterocycles. The van der Waals surface area contributed by atoms with Crippen LogP contribution >= 0.6 is 0 Å². The molecule has 1 aliphatic rings. The van der Waals surface area contributed by atoms with Gasteiger partial charge in [0.25, 0.3) is 0 Å². The minimum absolute atomic E-state index is 0.423. The number of hydrogen-bond donors (Lipinski definition) is 2. The number of anilines is 1. The van der Waals surface area contributed by atoms with Gasteiger partial charge in [-0.05, 0) is 19.9 Å². The highest BCUT2D eigenvalue weighted by atomic mass is 16.5. The molecule has 0 spiro atoms. The van der Waals surface area contributed by atoms with E-state index in [0.29, 0.717) is 24.7 Å². The zero-order valence-corrected chi connectivity index (χ0v) is 14.1. The van der Waals surface area contributed by atoms with Crippen molar-refractivity contribution in [1.82, 2.24) is 24.6 Å². The van der Waals surface area contributed by atoms with Crippen molar-refractivity contribution >= 4 is 5.82 Å². The minimum Gasteiger partial charge on any atom is -0.390 e. The Morgan fingerprint density at radius 3 is 2.79 bits per heavy atom. The standard InChI is InChI=1S/C16H24N6O2/c1-12-7-13(2)22(20-12)16-10-17-9-15(19-16)18-8-14(23)11-21-3-5-24-6-4-21/h7,9-10,14,23H,3-6,8,11H2,1-2H3,(H,18,19). The maximum atomic E-state index is 10.2. The number of aryl methyl sites for hydroxylation is 2. The summed E-state index contributed by atoms with van der Waals surface area (Å²) in [6.07, 6.45) is 2.85. The van der Waals surface area contributed by atoms with Gasteiger partial charge in [-0.15, -0.1) is 0 Å². The number of ether oxygens (including phenoxy) is 1. The van der Waals surface area contributed by atoms with Crippen molar-refractivity contribution in [3.05, 3.63) is 29.8 Å². The summed E-state index contributed by atoms with van der Waals surface area (Å²) in [4.78, 5) is 10.9. The Hall–Kier alpha value is -2.03. The lowest BCUT2D eigenvalue weighted by molar-refractivity contribution is 0.0171. The van der Waals surface area contributed by atoms with Gasteiger partial charge in [0.1, 0.15) is 5.82 Å². The quantitative estimate of drug-likeness (QED) is 0.791. The van der Waals surface area contributed by atoms with Gasteiger partial charge in [0, 0.05) is 31.9 Å². The Morgan fingerprint density at radius 1 is 1.29 bits per heavy atom. The summed E-state index contributed by atoms with van der Waals surface area (Å²) in [6.45, 7) is 8.17. The van der Waals surface area contributed by atoms with Crippen molar-refractivity contribution in [2.24, 2.45) is 0 Å². The van der Waals surface area contributed by atoms with Crippen LogP contribution in [-0.2, 0) is 4.74 Å². The van der Waals surface area contributed by atoms with Crippen LogP contribution in [0.1, 0.15) is 11.4 Å². The molecule has 24 heavy (non-hydrogen) atoms. The molecule has 0 aromatic carbocycles. The lowest BCUT2D eigenvalue weighted by Gasteiger charge is -2.28. The largest absolute Gasteiger partial charge is 0.390 e. The highest BCUT2D eigenvalue weighted by molar-refractivity contribution is 5.36. The first kappa shape index (κ1) is 16.8. The molecule has 0 saturated carbocycles. The summed E-state index contributed by atoms with van der Waals surface area (Å²) < 4.78 is 7.07. The van der Waals surface area contributed by atoms with Crippen molar-refractivity contribution in [2.45, 2.75) is 20.0 Å². The van der Waals surface area contributed by atoms with E-state index in [1.165, 1.54) is 0 Å². The Labute approximate surface area is 141 Å². The topological polar surface area (TPSA) is 88.3 Å². The molecule has 1 aliphatic heterocycles. The molecular formula is C16H24N6O2. The van der Waals surface area contributed by atoms with Crippen molar-refractivity contribution in [3.63, 3.8) is 0 Å². The zero-order chi connectivity index (χ0) is 16.9. The monoisotopic (exact) mass is 332 g/mol. The molecule has 0 amide bonds. The Kier molecular flexibility index (Phi) is 5.39. The van der Waals surface area contributed by atoms with Crippen LogP contribution in [0, 0.1) is 13.8 Å². The van der Waals surface area contributed by atoms with E-state index in [1.807, 2.05) is 19.9 Å². The van der Waals surface area contributed by atoms with Gasteiger partial charge in [0.05, 0.1) is 37.4 Å². The minimum atomic E-state index is -0.470. The summed E-state index contributed by atoms with van der Waals surface area (Å²) in [7, 11) is 0. The van der Waals surface area contributed by atoms with E-state index in [2.05, 4.69) is 25.3 Å². The molecule has 1 fully saturated rings. The van der Waals surface area contributed by atoms with E-state index in [1.54, 1.807) is 17.1 Å². The number of morpholine rings is 1. The van der Waals surface area contributed by atoms with Gasteiger partial charge in [-0.25, -0.2) is 9.67 Å². The lowest BCUT2D eigenvalue weighted by atomic mass is 10.3. The molecule has 2 aromatic rings. The fraction of sp³-hybridized carbons (Fsp3) is 0.562. The second-order valence-electron chi connectivity index (χ2n) is 6.05. The highest BCUT2D eigenvalue weighted by Gasteiger charge is 2.15. The molecular weight excluding hydrogens is 308 g/mol. The average molecular weight is 332 g/mol. The summed E-state index contributed by atoms with van der Waals surface area (Å²) in [5.41, 5.74) is 1.94. The van der Waals surface area contributed by atoms with Gasteiger partial charge in [-0.2, -0.15) is 5.10 Å². The molecule has 2 aromatic heterocycles. The SMILES string of the molecule is Cc1cc(C)n(-c2cncc(NCC(O)CN3CCOCC3)n2)n1. The molecule has 3 heterocycles. The van der Waals surface area contributed by atoms with E-state index in [0.717, 1.165) is 37.7 Å². The number of aliphatic hydroxyl groups excluding tert-OH is 1. The summed E-state index contributed by atoms with van der Waals surface area (Å²) >= 11 is 0. The van der Waals surface area contributed by atoms with Crippen molar-refractivity contribution in [3.8, 4) is 5.82 Å². The van der Waals surface area contributed by atoms with E-state index in [9.17, 15) is 5.11 Å². The van der Waals surface area contributed by atoms with Crippen LogP contribution in [0.5, 0.6) is 0 Å². The third-order valence-electron chi connectivity index (χ3n) is 3.94. The molecule has 2 N–H and O–H groups in total. The second kappa shape index (κ2) is 7.69. The summed E-state index contributed by atoms with van der Waals surface area (Å²) in [5, 5.41) is 17.7. The molecule has 0 aliphatic carbocycles. The number of hydrogen-bond acceptors (Lipinski definition) is 7. The van der Waals surface area contributed by atoms with E-state index >= 15 is 0 Å². The second-order valence-corrected chi connectivity index (χ2v) is 6.05. The van der Waals surface area contributed by atoms with Crippen LogP contribution in [0.3, 0.4) is 0 Å². The number of aliphatic hydroxyl groups is 1. The van der Waals surface area contributed by atoms with Gasteiger partial charge >= 0.3 is 0 Å². The maximum absolute atomic E-state index is 10.2. The highest BCUT2D eigenvalue weighted by Crippen LogP contribution is 2.11. The molecule has 0 radical (unpaired) electrons. The van der Waals surface area contributed by atoms with E-state index < -0.39 is 6.10 Å². The van der Waals surface area contributed by atoms with Crippen molar-refractivity contribution in [1.29, 1.82) is 0 Å². The Bertz CT molecular complexity index is 668. The molecule has 1 atom stereocenters. The molecule has 3 rings (SSSR count). The maximum Gasteiger partial charge on any atom is 0.174 e.